The van der Waals surface area contributed by atoms with Gasteiger partial charge in [0.05, 0.1) is 49.8 Å². The number of methoxy groups -OCH3 is 3. The van der Waals surface area contributed by atoms with Crippen molar-refractivity contribution in [3.05, 3.63) is 66.5 Å². The van der Waals surface area contributed by atoms with E-state index >= 15 is 0 Å². The van der Waals surface area contributed by atoms with Gasteiger partial charge in [0, 0.05) is 38.3 Å². The van der Waals surface area contributed by atoms with Crippen LogP contribution in [0.4, 0.5) is 5.88 Å². The highest BCUT2D eigenvalue weighted by atomic mass is 32.1. The number of benzene rings is 1. The fourth-order valence-corrected chi connectivity index (χ4v) is 6.14. The molecule has 0 bridgehead atoms. The van der Waals surface area contributed by atoms with E-state index in [2.05, 4.69) is 21.8 Å². The summed E-state index contributed by atoms with van der Waals surface area (Å²) in [6, 6.07) is 6.42. The standard InChI is InChI=1S/C29H34N4O7S/c1-7-39-28(35)24-17(2)30-29-33(25(24)18-14-20(36-4)26(38-6)21(15-18)37-5)27(34)22(41-29)16-19-8-9-23(40-19)32-12-10-31(3)11-13-32/h8-9,14-16,25H,7,10-13H2,1-6H3/b22-16+/t25-/m0/s1. The number of hydrogen-bond acceptors (Lipinski definition) is 11. The van der Waals surface area contributed by atoms with Gasteiger partial charge in [0.25, 0.3) is 5.56 Å². The van der Waals surface area contributed by atoms with Gasteiger partial charge >= 0.3 is 5.97 Å². The summed E-state index contributed by atoms with van der Waals surface area (Å²) in [4.78, 5) is 36.8. The van der Waals surface area contributed by atoms with Crippen LogP contribution in [0.5, 0.6) is 17.2 Å². The van der Waals surface area contributed by atoms with E-state index in [0.29, 0.717) is 43.6 Å². The molecule has 12 heteroatoms. The number of anilines is 1. The third-order valence-electron chi connectivity index (χ3n) is 7.22. The first-order valence-corrected chi connectivity index (χ1v) is 14.1. The van der Waals surface area contributed by atoms with Crippen LogP contribution in [0.2, 0.25) is 0 Å². The van der Waals surface area contributed by atoms with E-state index in [1.807, 2.05) is 12.1 Å². The summed E-state index contributed by atoms with van der Waals surface area (Å²) in [7, 11) is 6.64. The molecule has 1 atom stereocenters. The Kier molecular flexibility index (Phi) is 8.22. The number of hydrogen-bond donors (Lipinski definition) is 0. The third kappa shape index (κ3) is 5.36. The molecule has 11 nitrogen and oxygen atoms in total. The minimum Gasteiger partial charge on any atom is -0.493 e. The Labute approximate surface area is 241 Å². The molecule has 2 aliphatic rings. The molecule has 0 saturated carbocycles. The summed E-state index contributed by atoms with van der Waals surface area (Å²) in [6.07, 6.45) is 1.72. The molecule has 5 rings (SSSR count). The topological polar surface area (TPSA) is 108 Å². The maximum absolute atomic E-state index is 14.0. The molecule has 0 N–H and O–H groups in total. The molecule has 2 aromatic heterocycles. The van der Waals surface area contributed by atoms with E-state index in [1.54, 1.807) is 32.1 Å². The van der Waals surface area contributed by atoms with Gasteiger partial charge in [0.15, 0.2) is 22.2 Å². The number of aromatic nitrogens is 1. The van der Waals surface area contributed by atoms with Crippen LogP contribution in [-0.4, -0.2) is 76.6 Å². The predicted octanol–water partition coefficient (Wildman–Crippen LogP) is 2.17. The normalized spacial score (nSPS) is 17.8. The number of likely N-dealkylation sites (N-methyl/N-ethyl adjacent to an activating group) is 1. The largest absolute Gasteiger partial charge is 0.493 e. The van der Waals surface area contributed by atoms with E-state index in [1.165, 1.54) is 37.2 Å². The molecule has 2 aliphatic heterocycles. The fourth-order valence-electron chi connectivity index (χ4n) is 5.11. The van der Waals surface area contributed by atoms with E-state index < -0.39 is 12.0 Å². The van der Waals surface area contributed by atoms with Crippen molar-refractivity contribution in [2.75, 3.05) is 66.1 Å². The maximum Gasteiger partial charge on any atom is 0.338 e. The lowest BCUT2D eigenvalue weighted by atomic mass is 9.95. The van der Waals surface area contributed by atoms with Gasteiger partial charge in [-0.1, -0.05) is 11.3 Å². The van der Waals surface area contributed by atoms with Crippen molar-refractivity contribution in [1.29, 1.82) is 0 Å². The van der Waals surface area contributed by atoms with Gasteiger partial charge in [-0.25, -0.2) is 9.79 Å². The summed E-state index contributed by atoms with van der Waals surface area (Å²) < 4.78 is 30.1. The minimum absolute atomic E-state index is 0.177. The summed E-state index contributed by atoms with van der Waals surface area (Å²) in [5.74, 6) is 1.98. The first kappa shape index (κ1) is 28.5. The number of furan rings is 1. The van der Waals surface area contributed by atoms with Crippen molar-refractivity contribution in [2.24, 2.45) is 4.99 Å². The summed E-state index contributed by atoms with van der Waals surface area (Å²) in [6.45, 7) is 7.30. The number of nitrogens with zero attached hydrogens (tertiary/aromatic N) is 4. The van der Waals surface area contributed by atoms with E-state index in [4.69, 9.17) is 23.4 Å². The average Bonchev–Trinajstić information content (AvgIpc) is 3.56. The molecular weight excluding hydrogens is 548 g/mol. The fraction of sp³-hybridized carbons (Fsp3) is 0.414. The number of esters is 1. The number of carbonyl (C=O) groups is 1. The Bertz CT molecular complexity index is 1640. The molecule has 1 saturated heterocycles. The lowest BCUT2D eigenvalue weighted by Crippen LogP contribution is -2.44. The Morgan fingerprint density at radius 1 is 1.10 bits per heavy atom. The van der Waals surface area contributed by atoms with Crippen LogP contribution in [-0.2, 0) is 9.53 Å². The predicted molar refractivity (Wildman–Crippen MR) is 155 cm³/mol. The summed E-state index contributed by atoms with van der Waals surface area (Å²) >= 11 is 1.23. The molecule has 0 aliphatic carbocycles. The van der Waals surface area contributed by atoms with Gasteiger partial charge < -0.3 is 33.2 Å². The second-order valence-electron chi connectivity index (χ2n) is 9.73. The highest BCUT2D eigenvalue weighted by Gasteiger charge is 2.34. The Balaban J connectivity index is 1.64. The van der Waals surface area contributed by atoms with Crippen LogP contribution in [0.25, 0.3) is 6.08 Å². The molecule has 0 radical (unpaired) electrons. The van der Waals surface area contributed by atoms with Crippen molar-refractivity contribution in [3.8, 4) is 17.2 Å². The molecule has 4 heterocycles. The molecule has 1 fully saturated rings. The highest BCUT2D eigenvalue weighted by molar-refractivity contribution is 7.07. The Hall–Kier alpha value is -4.03. The molecule has 3 aromatic rings. The third-order valence-corrected chi connectivity index (χ3v) is 8.20. The first-order valence-electron chi connectivity index (χ1n) is 13.3. The zero-order valence-electron chi connectivity index (χ0n) is 24.1. The van der Waals surface area contributed by atoms with Crippen molar-refractivity contribution < 1.29 is 28.2 Å². The van der Waals surface area contributed by atoms with Crippen molar-refractivity contribution in [1.82, 2.24) is 9.47 Å². The quantitative estimate of drug-likeness (QED) is 0.369. The Morgan fingerprint density at radius 3 is 2.39 bits per heavy atom. The van der Waals surface area contributed by atoms with Crippen LogP contribution < -0.4 is 34.0 Å². The monoisotopic (exact) mass is 582 g/mol. The van der Waals surface area contributed by atoms with Crippen molar-refractivity contribution >= 4 is 29.3 Å². The van der Waals surface area contributed by atoms with Gasteiger partial charge in [0.1, 0.15) is 5.76 Å². The SMILES string of the molecule is CCOC(=O)C1=C(C)N=c2s/c(=C/c3ccc(N4CCN(C)CC4)o3)c(=O)n2[C@H]1c1cc(OC)c(OC)c(OC)c1. The van der Waals surface area contributed by atoms with E-state index in [9.17, 15) is 9.59 Å². The summed E-state index contributed by atoms with van der Waals surface area (Å²) in [5.41, 5.74) is 1.000. The van der Waals surface area contributed by atoms with E-state index in [-0.39, 0.29) is 17.7 Å². The number of fused-ring (bicyclic) bond motifs is 1. The zero-order chi connectivity index (χ0) is 29.3. The van der Waals surface area contributed by atoms with Crippen LogP contribution in [0.15, 0.2) is 49.7 Å². The smallest absolute Gasteiger partial charge is 0.338 e. The van der Waals surface area contributed by atoms with Gasteiger partial charge in [0.2, 0.25) is 5.75 Å². The van der Waals surface area contributed by atoms with Crippen LogP contribution in [0, 0.1) is 0 Å². The summed E-state index contributed by atoms with van der Waals surface area (Å²) in [5, 5.41) is 0. The lowest BCUT2D eigenvalue weighted by Gasteiger charge is -2.32. The zero-order valence-corrected chi connectivity index (χ0v) is 24.9. The van der Waals surface area contributed by atoms with Crippen LogP contribution in [0.1, 0.15) is 31.2 Å². The number of piperazine rings is 1. The van der Waals surface area contributed by atoms with Gasteiger partial charge in [-0.05, 0) is 44.7 Å². The van der Waals surface area contributed by atoms with Crippen LogP contribution >= 0.6 is 11.3 Å². The van der Waals surface area contributed by atoms with Crippen molar-refractivity contribution in [3.63, 3.8) is 0 Å². The molecule has 0 unspecified atom stereocenters. The molecule has 1 aromatic carbocycles. The van der Waals surface area contributed by atoms with Crippen LogP contribution in [0.3, 0.4) is 0 Å². The molecular formula is C29H34N4O7S. The second kappa shape index (κ2) is 11.8. The average molecular weight is 583 g/mol. The van der Waals surface area contributed by atoms with Gasteiger partial charge in [-0.3, -0.25) is 9.36 Å². The number of rotatable bonds is 8. The molecule has 218 valence electrons. The number of carbonyl (C=O) groups excluding carboxylic acids is 1. The minimum atomic E-state index is -0.835. The lowest BCUT2D eigenvalue weighted by molar-refractivity contribution is -0.139. The number of allylic oxidation sites excluding steroid dienone is 1. The highest BCUT2D eigenvalue weighted by Crippen LogP contribution is 2.42. The maximum atomic E-state index is 14.0. The Morgan fingerprint density at radius 2 is 1.78 bits per heavy atom. The van der Waals surface area contributed by atoms with Crippen molar-refractivity contribution in [2.45, 2.75) is 19.9 Å². The van der Waals surface area contributed by atoms with Gasteiger partial charge in [-0.15, -0.1) is 0 Å². The number of thiazole rings is 1. The number of ether oxygens (including phenoxy) is 4. The second-order valence-corrected chi connectivity index (χ2v) is 10.7. The molecule has 0 amide bonds. The first-order chi connectivity index (χ1) is 19.8. The molecule has 41 heavy (non-hydrogen) atoms. The van der Waals surface area contributed by atoms with E-state index in [0.717, 1.165) is 32.1 Å². The molecule has 0 spiro atoms. The van der Waals surface area contributed by atoms with Gasteiger partial charge in [-0.2, -0.15) is 0 Å².